The summed E-state index contributed by atoms with van der Waals surface area (Å²) in [5, 5.41) is 6.35. The van der Waals surface area contributed by atoms with E-state index in [0.29, 0.717) is 11.4 Å². The highest BCUT2D eigenvalue weighted by molar-refractivity contribution is 9.09. The Bertz CT molecular complexity index is 680. The minimum Gasteiger partial charge on any atom is -0.281 e. The molecule has 5 nitrogen and oxygen atoms in total. The normalized spacial score (nSPS) is 13.2. The zero-order chi connectivity index (χ0) is 14.0. The van der Waals surface area contributed by atoms with E-state index in [2.05, 4.69) is 30.8 Å². The van der Waals surface area contributed by atoms with Crippen molar-refractivity contribution in [3.8, 4) is 0 Å². The number of nitrogens with zero attached hydrogens (tertiary/aromatic N) is 1. The number of anilines is 1. The van der Waals surface area contributed by atoms with Gasteiger partial charge in [-0.1, -0.05) is 34.1 Å². The molecule has 0 aliphatic heterocycles. The van der Waals surface area contributed by atoms with Gasteiger partial charge in [-0.2, -0.15) is 5.10 Å². The van der Waals surface area contributed by atoms with Gasteiger partial charge in [0.25, 0.3) is 10.0 Å². The largest absolute Gasteiger partial charge is 0.281 e. The lowest BCUT2D eigenvalue weighted by atomic mass is 10.1. The molecule has 0 amide bonds. The number of benzene rings is 1. The summed E-state index contributed by atoms with van der Waals surface area (Å²) in [5.41, 5.74) is 1.96. The summed E-state index contributed by atoms with van der Waals surface area (Å²) in [7, 11) is -3.62. The summed E-state index contributed by atoms with van der Waals surface area (Å²) >= 11 is 3.45. The van der Waals surface area contributed by atoms with Gasteiger partial charge in [0, 0.05) is 4.83 Å². The van der Waals surface area contributed by atoms with Gasteiger partial charge >= 0.3 is 0 Å². The van der Waals surface area contributed by atoms with E-state index >= 15 is 0 Å². The van der Waals surface area contributed by atoms with Gasteiger partial charge in [-0.3, -0.25) is 9.82 Å². The van der Waals surface area contributed by atoms with Crippen LogP contribution in [0, 0.1) is 6.92 Å². The van der Waals surface area contributed by atoms with Gasteiger partial charge in [0.2, 0.25) is 0 Å². The minimum atomic E-state index is -3.62. The lowest BCUT2D eigenvalue weighted by molar-refractivity contribution is 0.600. The van der Waals surface area contributed by atoms with Crippen LogP contribution in [0.1, 0.15) is 23.0 Å². The maximum atomic E-state index is 12.3. The van der Waals surface area contributed by atoms with Crippen molar-refractivity contribution in [3.63, 3.8) is 0 Å². The molecule has 1 aromatic heterocycles. The van der Waals surface area contributed by atoms with Crippen molar-refractivity contribution in [2.45, 2.75) is 23.6 Å². The number of halogens is 1. The highest BCUT2D eigenvalue weighted by Gasteiger charge is 2.20. The zero-order valence-corrected chi connectivity index (χ0v) is 12.9. The molecule has 0 aliphatic rings. The molecule has 2 N–H and O–H groups in total. The van der Waals surface area contributed by atoms with E-state index < -0.39 is 10.0 Å². The summed E-state index contributed by atoms with van der Waals surface area (Å²) in [6.45, 7) is 3.61. The molecule has 0 bridgehead atoms. The van der Waals surface area contributed by atoms with Crippen molar-refractivity contribution in [3.05, 3.63) is 41.7 Å². The Hall–Kier alpha value is -1.34. The number of aromatic nitrogens is 2. The molecule has 1 heterocycles. The fraction of sp³-hybridized carbons (Fsp3) is 0.250. The lowest BCUT2D eigenvalue weighted by Crippen LogP contribution is -2.14. The maximum Gasteiger partial charge on any atom is 0.265 e. The van der Waals surface area contributed by atoms with Gasteiger partial charge in [0.05, 0.1) is 17.6 Å². The first-order valence-corrected chi connectivity index (χ1v) is 8.07. The fourth-order valence-corrected chi connectivity index (χ4v) is 3.37. The van der Waals surface area contributed by atoms with Gasteiger partial charge in [-0.15, -0.1) is 0 Å². The second kappa shape index (κ2) is 5.34. The van der Waals surface area contributed by atoms with Crippen LogP contribution in [-0.4, -0.2) is 18.6 Å². The number of para-hydroxylation sites is 1. The molecule has 1 unspecified atom stereocenters. The van der Waals surface area contributed by atoms with Gasteiger partial charge in [0.1, 0.15) is 4.90 Å². The number of sulfonamides is 1. The fourth-order valence-electron chi connectivity index (χ4n) is 1.75. The molecule has 0 saturated heterocycles. The number of nitrogens with one attached hydrogen (secondary N) is 2. The first-order valence-electron chi connectivity index (χ1n) is 5.67. The number of H-pyrrole nitrogens is 1. The number of hydrogen-bond donors (Lipinski definition) is 2. The average Bonchev–Trinajstić information content (AvgIpc) is 2.76. The summed E-state index contributed by atoms with van der Waals surface area (Å²) in [6.07, 6.45) is 1.30. The molecule has 0 fully saturated rings. The van der Waals surface area contributed by atoms with Crippen molar-refractivity contribution in [2.24, 2.45) is 0 Å². The smallest absolute Gasteiger partial charge is 0.265 e. The van der Waals surface area contributed by atoms with Crippen LogP contribution in [0.2, 0.25) is 0 Å². The van der Waals surface area contributed by atoms with Gasteiger partial charge in [-0.25, -0.2) is 8.42 Å². The Morgan fingerprint density at radius 2 is 2.05 bits per heavy atom. The average molecular weight is 344 g/mol. The van der Waals surface area contributed by atoms with Crippen molar-refractivity contribution in [1.29, 1.82) is 0 Å². The molecule has 1 aromatic carbocycles. The van der Waals surface area contributed by atoms with Crippen molar-refractivity contribution >= 4 is 31.6 Å². The van der Waals surface area contributed by atoms with Crippen LogP contribution in [0.3, 0.4) is 0 Å². The van der Waals surface area contributed by atoms with Gasteiger partial charge < -0.3 is 0 Å². The monoisotopic (exact) mass is 343 g/mol. The second-order valence-corrected chi connectivity index (χ2v) is 7.19. The predicted octanol–water partition coefficient (Wildman–Crippen LogP) is 2.97. The summed E-state index contributed by atoms with van der Waals surface area (Å²) < 4.78 is 27.1. The highest BCUT2D eigenvalue weighted by Crippen LogP contribution is 2.30. The highest BCUT2D eigenvalue weighted by atomic mass is 79.9. The zero-order valence-electron chi connectivity index (χ0n) is 10.5. The first kappa shape index (κ1) is 14.1. The Balaban J connectivity index is 2.39. The molecule has 2 aromatic rings. The van der Waals surface area contributed by atoms with E-state index in [1.165, 1.54) is 6.20 Å². The predicted molar refractivity (Wildman–Crippen MR) is 77.9 cm³/mol. The van der Waals surface area contributed by atoms with Crippen molar-refractivity contribution < 1.29 is 8.42 Å². The molecule has 1 atom stereocenters. The number of hydrogen-bond acceptors (Lipinski definition) is 3. The van der Waals surface area contributed by atoms with E-state index in [1.54, 1.807) is 19.1 Å². The molecule has 0 aliphatic carbocycles. The maximum absolute atomic E-state index is 12.3. The quantitative estimate of drug-likeness (QED) is 0.838. The van der Waals surface area contributed by atoms with Crippen molar-refractivity contribution in [1.82, 2.24) is 10.2 Å². The lowest BCUT2D eigenvalue weighted by Gasteiger charge is -2.13. The Morgan fingerprint density at radius 1 is 1.37 bits per heavy atom. The summed E-state index contributed by atoms with van der Waals surface area (Å²) in [5.74, 6) is 0. The van der Waals surface area contributed by atoms with E-state index in [-0.39, 0.29) is 9.72 Å². The molecule has 19 heavy (non-hydrogen) atoms. The third kappa shape index (κ3) is 2.98. The molecular weight excluding hydrogens is 330 g/mol. The van der Waals surface area contributed by atoms with Gasteiger partial charge in [0.15, 0.2) is 0 Å². The SMILES string of the molecule is Cc1[nH]ncc1S(=O)(=O)Nc1ccccc1C(C)Br. The first-order chi connectivity index (χ1) is 8.92. The number of aromatic amines is 1. The third-order valence-electron chi connectivity index (χ3n) is 2.71. The number of alkyl halides is 1. The number of rotatable bonds is 4. The van der Waals surface area contributed by atoms with Crippen LogP contribution < -0.4 is 4.72 Å². The molecule has 0 spiro atoms. The Kier molecular flexibility index (Phi) is 3.96. The van der Waals surface area contributed by atoms with Crippen LogP contribution in [0.15, 0.2) is 35.4 Å². The van der Waals surface area contributed by atoms with Crippen LogP contribution >= 0.6 is 15.9 Å². The summed E-state index contributed by atoms with van der Waals surface area (Å²) in [4.78, 5) is 0.210. The molecular formula is C12H14BrN3O2S. The topological polar surface area (TPSA) is 74.8 Å². The number of aryl methyl sites for hydroxylation is 1. The van der Waals surface area contributed by atoms with Crippen LogP contribution in [0.4, 0.5) is 5.69 Å². The minimum absolute atomic E-state index is 0.0526. The molecule has 0 radical (unpaired) electrons. The molecule has 0 saturated carbocycles. The standard InChI is InChI=1S/C12H14BrN3O2S/c1-8(13)10-5-3-4-6-11(10)16-19(17,18)12-7-14-15-9(12)2/h3-8,16H,1-2H3,(H,14,15). The van der Waals surface area contributed by atoms with E-state index in [0.717, 1.165) is 5.56 Å². The van der Waals surface area contributed by atoms with Gasteiger partial charge in [-0.05, 0) is 25.5 Å². The second-order valence-electron chi connectivity index (χ2n) is 4.17. The third-order valence-corrected chi connectivity index (χ3v) is 4.68. The van der Waals surface area contributed by atoms with E-state index in [4.69, 9.17) is 0 Å². The molecule has 7 heteroatoms. The molecule has 2 rings (SSSR count). The van der Waals surface area contributed by atoms with Crippen LogP contribution in [0.25, 0.3) is 0 Å². The van der Waals surface area contributed by atoms with Crippen molar-refractivity contribution in [2.75, 3.05) is 4.72 Å². The van der Waals surface area contributed by atoms with Crippen LogP contribution in [-0.2, 0) is 10.0 Å². The van der Waals surface area contributed by atoms with Crippen LogP contribution in [0.5, 0.6) is 0 Å². The Morgan fingerprint density at radius 3 is 2.63 bits per heavy atom. The van der Waals surface area contributed by atoms with E-state index in [1.807, 2.05) is 19.1 Å². The summed E-state index contributed by atoms with van der Waals surface area (Å²) in [6, 6.07) is 7.27. The Labute approximate surface area is 120 Å². The van der Waals surface area contributed by atoms with E-state index in [9.17, 15) is 8.42 Å². The molecule has 102 valence electrons.